The molecular weight excluding hydrogens is 338 g/mol. The number of halogens is 2. The standard InChI is InChI=1S/C16H17BrClNO/c1-10-8-12(20-3)5-6-13(10)16(19-2)14-9-11(17)4-7-15(14)18/h4-9,16,19H,1-3H3. The maximum absolute atomic E-state index is 6.34. The summed E-state index contributed by atoms with van der Waals surface area (Å²) in [6.45, 7) is 2.08. The Hall–Kier alpha value is -1.03. The van der Waals surface area contributed by atoms with Crippen molar-refractivity contribution in [2.45, 2.75) is 13.0 Å². The minimum Gasteiger partial charge on any atom is -0.497 e. The van der Waals surface area contributed by atoms with Crippen LogP contribution in [0.2, 0.25) is 5.02 Å². The third-order valence-electron chi connectivity index (χ3n) is 3.35. The summed E-state index contributed by atoms with van der Waals surface area (Å²) in [7, 11) is 3.61. The van der Waals surface area contributed by atoms with Crippen molar-refractivity contribution in [1.82, 2.24) is 5.32 Å². The highest BCUT2D eigenvalue weighted by Crippen LogP contribution is 2.33. The molecule has 2 aromatic rings. The lowest BCUT2D eigenvalue weighted by molar-refractivity contribution is 0.414. The maximum Gasteiger partial charge on any atom is 0.119 e. The van der Waals surface area contributed by atoms with Gasteiger partial charge in [-0.25, -0.2) is 0 Å². The highest BCUT2D eigenvalue weighted by molar-refractivity contribution is 9.10. The van der Waals surface area contributed by atoms with Crippen molar-refractivity contribution in [3.8, 4) is 5.75 Å². The molecule has 0 saturated carbocycles. The highest BCUT2D eigenvalue weighted by Gasteiger charge is 2.17. The Balaban J connectivity index is 2.49. The molecule has 20 heavy (non-hydrogen) atoms. The fourth-order valence-electron chi connectivity index (χ4n) is 2.31. The number of ether oxygens (including phenoxy) is 1. The first kappa shape index (κ1) is 15.4. The zero-order chi connectivity index (χ0) is 14.7. The van der Waals surface area contributed by atoms with Crippen LogP contribution in [0.15, 0.2) is 40.9 Å². The summed E-state index contributed by atoms with van der Waals surface area (Å²) in [5.41, 5.74) is 3.41. The largest absolute Gasteiger partial charge is 0.497 e. The first-order chi connectivity index (χ1) is 9.56. The van der Waals surface area contributed by atoms with Gasteiger partial charge in [-0.2, -0.15) is 0 Å². The van der Waals surface area contributed by atoms with Crippen molar-refractivity contribution in [3.05, 3.63) is 62.6 Å². The van der Waals surface area contributed by atoms with Crippen LogP contribution in [0.3, 0.4) is 0 Å². The van der Waals surface area contributed by atoms with Crippen LogP contribution in [-0.4, -0.2) is 14.2 Å². The molecule has 0 fully saturated rings. The van der Waals surface area contributed by atoms with Crippen LogP contribution in [0, 0.1) is 6.92 Å². The molecule has 2 nitrogen and oxygen atoms in total. The van der Waals surface area contributed by atoms with Crippen molar-refractivity contribution in [2.75, 3.05) is 14.2 Å². The van der Waals surface area contributed by atoms with E-state index in [-0.39, 0.29) is 6.04 Å². The molecular formula is C16H17BrClNO. The second-order valence-corrected chi connectivity index (χ2v) is 5.93. The van der Waals surface area contributed by atoms with Crippen LogP contribution in [0.4, 0.5) is 0 Å². The quantitative estimate of drug-likeness (QED) is 0.857. The fourth-order valence-corrected chi connectivity index (χ4v) is 2.92. The van der Waals surface area contributed by atoms with Crippen molar-refractivity contribution in [1.29, 1.82) is 0 Å². The summed E-state index contributed by atoms with van der Waals surface area (Å²) in [6.07, 6.45) is 0. The number of hydrogen-bond donors (Lipinski definition) is 1. The van der Waals surface area contributed by atoms with E-state index in [1.807, 2.05) is 37.4 Å². The van der Waals surface area contributed by atoms with Crippen LogP contribution in [0.1, 0.15) is 22.7 Å². The van der Waals surface area contributed by atoms with Gasteiger partial charge in [0, 0.05) is 9.50 Å². The van der Waals surface area contributed by atoms with Gasteiger partial charge in [0.15, 0.2) is 0 Å². The Morgan fingerprint density at radius 2 is 1.90 bits per heavy atom. The van der Waals surface area contributed by atoms with Gasteiger partial charge in [-0.05, 0) is 61.0 Å². The lowest BCUT2D eigenvalue weighted by Crippen LogP contribution is -2.19. The molecule has 0 amide bonds. The molecule has 0 radical (unpaired) electrons. The fraction of sp³-hybridized carbons (Fsp3) is 0.250. The van der Waals surface area contributed by atoms with E-state index < -0.39 is 0 Å². The SMILES string of the molecule is CNC(c1ccc(OC)cc1C)c1cc(Br)ccc1Cl. The van der Waals surface area contributed by atoms with Crippen LogP contribution in [-0.2, 0) is 0 Å². The van der Waals surface area contributed by atoms with E-state index in [4.69, 9.17) is 16.3 Å². The predicted octanol–water partition coefficient (Wildman–Crippen LogP) is 4.73. The van der Waals surface area contributed by atoms with Gasteiger partial charge in [0.05, 0.1) is 13.2 Å². The number of nitrogens with one attached hydrogen (secondary N) is 1. The molecule has 1 atom stereocenters. The zero-order valence-corrected chi connectivity index (χ0v) is 14.0. The molecule has 0 bridgehead atoms. The van der Waals surface area contributed by atoms with Crippen LogP contribution < -0.4 is 10.1 Å². The van der Waals surface area contributed by atoms with Gasteiger partial charge in [0.1, 0.15) is 5.75 Å². The van der Waals surface area contributed by atoms with Gasteiger partial charge in [-0.3, -0.25) is 0 Å². The zero-order valence-electron chi connectivity index (χ0n) is 11.7. The van der Waals surface area contributed by atoms with Crippen molar-refractivity contribution < 1.29 is 4.74 Å². The molecule has 0 heterocycles. The molecule has 4 heteroatoms. The first-order valence-corrected chi connectivity index (χ1v) is 7.50. The normalized spacial score (nSPS) is 12.2. The molecule has 0 aliphatic rings. The maximum atomic E-state index is 6.34. The number of aryl methyl sites for hydroxylation is 1. The summed E-state index contributed by atoms with van der Waals surface area (Å²) in [5.74, 6) is 0.862. The molecule has 0 aliphatic heterocycles. The molecule has 1 unspecified atom stereocenters. The second kappa shape index (κ2) is 6.61. The third kappa shape index (κ3) is 3.17. The molecule has 2 aromatic carbocycles. The van der Waals surface area contributed by atoms with E-state index in [0.29, 0.717) is 0 Å². The number of methoxy groups -OCH3 is 1. The van der Waals surface area contributed by atoms with E-state index in [2.05, 4.69) is 34.2 Å². The summed E-state index contributed by atoms with van der Waals surface area (Å²) in [4.78, 5) is 0. The van der Waals surface area contributed by atoms with Crippen molar-refractivity contribution in [2.24, 2.45) is 0 Å². The van der Waals surface area contributed by atoms with E-state index in [0.717, 1.165) is 20.8 Å². The predicted molar refractivity (Wildman–Crippen MR) is 87.8 cm³/mol. The summed E-state index contributed by atoms with van der Waals surface area (Å²) < 4.78 is 6.27. The molecule has 0 spiro atoms. The van der Waals surface area contributed by atoms with Gasteiger partial charge in [0.25, 0.3) is 0 Å². The minimum absolute atomic E-state index is 0.0471. The Labute approximate surface area is 133 Å². The molecule has 0 aliphatic carbocycles. The van der Waals surface area contributed by atoms with Crippen molar-refractivity contribution in [3.63, 3.8) is 0 Å². The summed E-state index contributed by atoms with van der Waals surface area (Å²) in [6, 6.07) is 12.0. The van der Waals surface area contributed by atoms with Gasteiger partial charge in [0.2, 0.25) is 0 Å². The molecule has 1 N–H and O–H groups in total. The minimum atomic E-state index is 0.0471. The third-order valence-corrected chi connectivity index (χ3v) is 4.18. The van der Waals surface area contributed by atoms with Gasteiger partial charge in [-0.1, -0.05) is 33.6 Å². The number of benzene rings is 2. The number of hydrogen-bond acceptors (Lipinski definition) is 2. The molecule has 0 saturated heterocycles. The Kier molecular flexibility index (Phi) is 5.08. The Bertz CT molecular complexity index is 615. The lowest BCUT2D eigenvalue weighted by Gasteiger charge is -2.21. The second-order valence-electron chi connectivity index (χ2n) is 4.61. The van der Waals surface area contributed by atoms with Gasteiger partial charge >= 0.3 is 0 Å². The molecule has 106 valence electrons. The first-order valence-electron chi connectivity index (χ1n) is 6.33. The monoisotopic (exact) mass is 353 g/mol. The topological polar surface area (TPSA) is 21.3 Å². The lowest BCUT2D eigenvalue weighted by atomic mass is 9.95. The number of rotatable bonds is 4. The van der Waals surface area contributed by atoms with E-state index in [9.17, 15) is 0 Å². The average Bonchev–Trinajstić information content (AvgIpc) is 2.44. The summed E-state index contributed by atoms with van der Waals surface area (Å²) >= 11 is 9.85. The summed E-state index contributed by atoms with van der Waals surface area (Å²) in [5, 5.41) is 4.09. The molecule has 0 aromatic heterocycles. The van der Waals surface area contributed by atoms with Crippen molar-refractivity contribution >= 4 is 27.5 Å². The van der Waals surface area contributed by atoms with E-state index >= 15 is 0 Å². The van der Waals surface area contributed by atoms with E-state index in [1.165, 1.54) is 11.1 Å². The Morgan fingerprint density at radius 3 is 2.50 bits per heavy atom. The van der Waals surface area contributed by atoms with Crippen LogP contribution >= 0.6 is 27.5 Å². The highest BCUT2D eigenvalue weighted by atomic mass is 79.9. The molecule has 2 rings (SSSR count). The smallest absolute Gasteiger partial charge is 0.119 e. The van der Waals surface area contributed by atoms with Crippen LogP contribution in [0.5, 0.6) is 5.75 Å². The van der Waals surface area contributed by atoms with Crippen LogP contribution in [0.25, 0.3) is 0 Å². The average molecular weight is 355 g/mol. The van der Waals surface area contributed by atoms with Gasteiger partial charge < -0.3 is 10.1 Å². The van der Waals surface area contributed by atoms with E-state index in [1.54, 1.807) is 7.11 Å². The Morgan fingerprint density at radius 1 is 1.15 bits per heavy atom. The van der Waals surface area contributed by atoms with Gasteiger partial charge in [-0.15, -0.1) is 0 Å².